The van der Waals surface area contributed by atoms with Crippen molar-refractivity contribution in [1.29, 1.82) is 0 Å². The summed E-state index contributed by atoms with van der Waals surface area (Å²) in [4.78, 5) is 8.20. The predicted octanol–water partition coefficient (Wildman–Crippen LogP) is -1.60. The van der Waals surface area contributed by atoms with Crippen LogP contribution in [0.5, 0.6) is 0 Å². The Morgan fingerprint density at radius 2 is 2.17 bits per heavy atom. The Morgan fingerprint density at radius 1 is 1.44 bits per heavy atom. The first-order valence-electron chi connectivity index (χ1n) is 5.64. The van der Waals surface area contributed by atoms with Crippen LogP contribution in [0.25, 0.3) is 0 Å². The fraction of sp³-hybridized carbons (Fsp3) is 0.600. The molecular formula is C10H17N5O3. The van der Waals surface area contributed by atoms with Crippen LogP contribution in [0, 0.1) is 0 Å². The second-order valence-electron chi connectivity index (χ2n) is 4.15. The molecule has 0 aromatic carbocycles. The third-order valence-electron chi connectivity index (χ3n) is 2.73. The van der Waals surface area contributed by atoms with Gasteiger partial charge in [-0.1, -0.05) is 0 Å². The lowest BCUT2D eigenvalue weighted by Crippen LogP contribution is -2.51. The molecule has 0 fully saturated rings. The van der Waals surface area contributed by atoms with E-state index < -0.39 is 18.4 Å². The second kappa shape index (κ2) is 5.12. The smallest absolute Gasteiger partial charge is 0.154 e. The van der Waals surface area contributed by atoms with Crippen molar-refractivity contribution in [2.24, 2.45) is 0 Å². The molecule has 2 heterocycles. The third kappa shape index (κ3) is 2.42. The fourth-order valence-corrected chi connectivity index (χ4v) is 1.68. The molecule has 1 aliphatic heterocycles. The van der Waals surface area contributed by atoms with Crippen LogP contribution in [0.2, 0.25) is 0 Å². The van der Waals surface area contributed by atoms with Crippen molar-refractivity contribution in [3.63, 3.8) is 0 Å². The van der Waals surface area contributed by atoms with E-state index in [1.165, 1.54) is 13.1 Å². The molecule has 0 amide bonds. The van der Waals surface area contributed by atoms with Crippen LogP contribution >= 0.6 is 0 Å². The van der Waals surface area contributed by atoms with Crippen LogP contribution in [0.15, 0.2) is 6.20 Å². The van der Waals surface area contributed by atoms with Gasteiger partial charge in [0.25, 0.3) is 0 Å². The molecule has 0 saturated carbocycles. The highest BCUT2D eigenvalue weighted by molar-refractivity contribution is 5.44. The van der Waals surface area contributed by atoms with Gasteiger partial charge in [-0.2, -0.15) is 0 Å². The minimum atomic E-state index is -1.11. The number of rotatable bonds is 3. The van der Waals surface area contributed by atoms with Crippen molar-refractivity contribution >= 4 is 5.82 Å². The van der Waals surface area contributed by atoms with Gasteiger partial charge >= 0.3 is 0 Å². The highest BCUT2D eigenvalue weighted by Crippen LogP contribution is 2.24. The standard InChI is InChI=1S/C10H17N5O3/c1-4(16)7(17)5-3-12-6-8(13-5)14-10(11-2)15-9(6)18/h3-4,7,9-11,15-18H,1-2H3,(H,13,14). The van der Waals surface area contributed by atoms with Gasteiger partial charge in [-0.3, -0.25) is 15.6 Å². The Balaban J connectivity index is 2.31. The van der Waals surface area contributed by atoms with Crippen molar-refractivity contribution in [1.82, 2.24) is 20.6 Å². The van der Waals surface area contributed by atoms with Gasteiger partial charge in [-0.05, 0) is 14.0 Å². The molecule has 1 aliphatic rings. The van der Waals surface area contributed by atoms with Crippen molar-refractivity contribution < 1.29 is 15.3 Å². The zero-order valence-electron chi connectivity index (χ0n) is 10.1. The minimum absolute atomic E-state index is 0.250. The first-order chi connectivity index (χ1) is 8.52. The van der Waals surface area contributed by atoms with Crippen LogP contribution < -0.4 is 16.0 Å². The predicted molar refractivity (Wildman–Crippen MR) is 63.2 cm³/mol. The van der Waals surface area contributed by atoms with E-state index in [-0.39, 0.29) is 12.0 Å². The first-order valence-corrected chi connectivity index (χ1v) is 5.64. The molecule has 1 aromatic heterocycles. The maximum atomic E-state index is 9.80. The number of hydrogen-bond donors (Lipinski definition) is 6. The Kier molecular flexibility index (Phi) is 3.73. The van der Waals surface area contributed by atoms with Gasteiger partial charge in [0, 0.05) is 0 Å². The second-order valence-corrected chi connectivity index (χ2v) is 4.15. The average molecular weight is 255 g/mol. The number of aromatic nitrogens is 2. The molecule has 0 radical (unpaired) electrons. The molecule has 1 aromatic rings. The quantitative estimate of drug-likeness (QED) is 0.382. The van der Waals surface area contributed by atoms with E-state index in [1.807, 2.05) is 0 Å². The summed E-state index contributed by atoms with van der Waals surface area (Å²) in [6.07, 6.45) is -2.00. The maximum absolute atomic E-state index is 9.80. The topological polar surface area (TPSA) is 123 Å². The number of fused-ring (bicyclic) bond motifs is 1. The molecule has 2 rings (SSSR count). The van der Waals surface area contributed by atoms with Gasteiger partial charge < -0.3 is 20.6 Å². The normalized spacial score (nSPS) is 26.1. The Bertz CT molecular complexity index is 428. The van der Waals surface area contributed by atoms with Gasteiger partial charge in [0.1, 0.15) is 18.1 Å². The number of anilines is 1. The summed E-state index contributed by atoms with van der Waals surface area (Å²) in [5, 5.41) is 37.5. The van der Waals surface area contributed by atoms with Crippen molar-refractivity contribution in [3.05, 3.63) is 17.6 Å². The highest BCUT2D eigenvalue weighted by Gasteiger charge is 2.27. The first kappa shape index (κ1) is 13.1. The molecule has 0 spiro atoms. The van der Waals surface area contributed by atoms with Crippen LogP contribution in [-0.2, 0) is 0 Å². The highest BCUT2D eigenvalue weighted by atomic mass is 16.3. The lowest BCUT2D eigenvalue weighted by atomic mass is 10.1. The zero-order chi connectivity index (χ0) is 13.3. The van der Waals surface area contributed by atoms with E-state index in [4.69, 9.17) is 0 Å². The SMILES string of the molecule is CNC1Nc2nc(C(O)C(C)O)cnc2C(O)N1. The van der Waals surface area contributed by atoms with Crippen LogP contribution in [0.4, 0.5) is 5.82 Å². The van der Waals surface area contributed by atoms with Crippen LogP contribution in [-0.4, -0.2) is 44.7 Å². The average Bonchev–Trinajstić information content (AvgIpc) is 2.36. The van der Waals surface area contributed by atoms with Gasteiger partial charge in [-0.25, -0.2) is 4.98 Å². The van der Waals surface area contributed by atoms with E-state index in [0.717, 1.165) is 0 Å². The van der Waals surface area contributed by atoms with E-state index in [0.29, 0.717) is 11.5 Å². The van der Waals surface area contributed by atoms with Crippen LogP contribution in [0.1, 0.15) is 30.6 Å². The number of nitrogens with zero attached hydrogens (tertiary/aromatic N) is 2. The molecule has 8 heteroatoms. The summed E-state index contributed by atoms with van der Waals surface area (Å²) in [5.41, 5.74) is 0.600. The molecule has 100 valence electrons. The fourth-order valence-electron chi connectivity index (χ4n) is 1.68. The third-order valence-corrected chi connectivity index (χ3v) is 2.73. The summed E-state index contributed by atoms with van der Waals surface area (Å²) in [5.74, 6) is 0.373. The molecule has 18 heavy (non-hydrogen) atoms. The minimum Gasteiger partial charge on any atom is -0.390 e. The summed E-state index contributed by atoms with van der Waals surface area (Å²) in [6.45, 7) is 1.46. The lowest BCUT2D eigenvalue weighted by Gasteiger charge is -2.30. The largest absolute Gasteiger partial charge is 0.390 e. The Hall–Kier alpha value is -1.32. The molecule has 4 unspecified atom stereocenters. The van der Waals surface area contributed by atoms with Crippen molar-refractivity contribution in [2.75, 3.05) is 12.4 Å². The molecular weight excluding hydrogens is 238 g/mol. The number of aliphatic hydroxyl groups excluding tert-OH is 3. The number of nitrogens with one attached hydrogen (secondary N) is 3. The molecule has 0 aliphatic carbocycles. The summed E-state index contributed by atoms with van der Waals surface area (Å²) in [7, 11) is 1.71. The molecule has 4 atom stereocenters. The summed E-state index contributed by atoms with van der Waals surface area (Å²) >= 11 is 0. The van der Waals surface area contributed by atoms with Crippen molar-refractivity contribution in [3.8, 4) is 0 Å². The zero-order valence-corrected chi connectivity index (χ0v) is 10.1. The van der Waals surface area contributed by atoms with Crippen LogP contribution in [0.3, 0.4) is 0 Å². The molecule has 0 bridgehead atoms. The van der Waals surface area contributed by atoms with Gasteiger partial charge in [0.2, 0.25) is 0 Å². The summed E-state index contributed by atoms with van der Waals surface area (Å²) in [6, 6.07) is 0. The molecule has 0 saturated heterocycles. The molecule has 6 N–H and O–H groups in total. The number of hydrogen-bond acceptors (Lipinski definition) is 8. The number of aliphatic hydroxyl groups is 3. The van der Waals surface area contributed by atoms with E-state index in [2.05, 4.69) is 25.9 Å². The molecule has 8 nitrogen and oxygen atoms in total. The van der Waals surface area contributed by atoms with Gasteiger partial charge in [0.15, 0.2) is 12.0 Å². The Labute approximate surface area is 104 Å². The van der Waals surface area contributed by atoms with Gasteiger partial charge in [0.05, 0.1) is 18.0 Å². The Morgan fingerprint density at radius 3 is 2.78 bits per heavy atom. The van der Waals surface area contributed by atoms with Gasteiger partial charge in [-0.15, -0.1) is 0 Å². The summed E-state index contributed by atoms with van der Waals surface area (Å²) < 4.78 is 0. The maximum Gasteiger partial charge on any atom is 0.154 e. The van der Waals surface area contributed by atoms with E-state index in [1.54, 1.807) is 7.05 Å². The van der Waals surface area contributed by atoms with E-state index >= 15 is 0 Å². The van der Waals surface area contributed by atoms with Crippen molar-refractivity contribution in [2.45, 2.75) is 31.6 Å². The monoisotopic (exact) mass is 255 g/mol. The lowest BCUT2D eigenvalue weighted by molar-refractivity contribution is 0.0274. The van der Waals surface area contributed by atoms with E-state index in [9.17, 15) is 15.3 Å².